The number of carbonyl (C=O) groups is 2. The van der Waals surface area contributed by atoms with E-state index in [0.717, 1.165) is 11.4 Å². The first kappa shape index (κ1) is 24.8. The molecule has 3 aromatic carbocycles. The molecule has 3 rings (SSSR count). The fraction of sp³-hybridized carbons (Fsp3) is 0.231. The number of Topliss-reactive ketones (excluding diaryl/α,β-unsaturated/α-hetero) is 2. The van der Waals surface area contributed by atoms with Crippen LogP contribution in [0.25, 0.3) is 0 Å². The highest BCUT2D eigenvalue weighted by Gasteiger charge is 2.12. The Labute approximate surface area is 199 Å². The fourth-order valence-corrected chi connectivity index (χ4v) is 3.30. The van der Waals surface area contributed by atoms with Gasteiger partial charge < -0.3 is 30.3 Å². The summed E-state index contributed by atoms with van der Waals surface area (Å²) in [7, 11) is 7.61. The van der Waals surface area contributed by atoms with Crippen molar-refractivity contribution in [2.75, 3.05) is 61.2 Å². The van der Waals surface area contributed by atoms with E-state index in [1.807, 2.05) is 38.0 Å². The van der Waals surface area contributed by atoms with Gasteiger partial charge in [-0.1, -0.05) is 24.3 Å². The Hall–Kier alpha value is -3.88. The van der Waals surface area contributed by atoms with Gasteiger partial charge in [0.2, 0.25) is 0 Å². The Morgan fingerprint density at radius 2 is 0.794 bits per heavy atom. The molecule has 0 aliphatic heterocycles. The third kappa shape index (κ3) is 6.12. The van der Waals surface area contributed by atoms with Gasteiger partial charge in [0.25, 0.3) is 0 Å². The number of ketones is 2. The summed E-state index contributed by atoms with van der Waals surface area (Å²) in [5, 5.41) is 26.0. The molecular weight excluding hydrogens is 432 g/mol. The number of benzene rings is 3. The Morgan fingerprint density at radius 3 is 1.06 bits per heavy atom. The van der Waals surface area contributed by atoms with Gasteiger partial charge in [0.1, 0.15) is 0 Å². The number of hydroxylamine groups is 2. The smallest absolute Gasteiger partial charge is 0.181 e. The molecule has 0 fully saturated rings. The SMILES string of the molecule is CN(C)c1ccc(N([O-])CC(=O)c2ccc(C(=O)CN([O-])c3ccc(N(C)C)cc3)cc2)cc1. The zero-order valence-electron chi connectivity index (χ0n) is 19.8. The molecule has 8 heteroatoms. The van der Waals surface area contributed by atoms with Crippen LogP contribution in [-0.2, 0) is 0 Å². The number of nitrogens with zero attached hydrogens (tertiary/aromatic N) is 4. The Kier molecular flexibility index (Phi) is 7.88. The van der Waals surface area contributed by atoms with Gasteiger partial charge in [-0.2, -0.15) is 0 Å². The van der Waals surface area contributed by atoms with E-state index in [2.05, 4.69) is 0 Å². The number of rotatable bonds is 10. The molecule has 0 unspecified atom stereocenters. The van der Waals surface area contributed by atoms with Crippen LogP contribution in [0, 0.1) is 10.4 Å². The van der Waals surface area contributed by atoms with Crippen molar-refractivity contribution in [2.24, 2.45) is 0 Å². The first-order chi connectivity index (χ1) is 16.2. The summed E-state index contributed by atoms with van der Waals surface area (Å²) in [5.74, 6) is -0.728. The van der Waals surface area contributed by atoms with Gasteiger partial charge >= 0.3 is 0 Å². The van der Waals surface area contributed by atoms with Crippen LogP contribution in [0.1, 0.15) is 20.7 Å². The van der Waals surface area contributed by atoms with Crippen LogP contribution in [0.15, 0.2) is 72.8 Å². The van der Waals surface area contributed by atoms with Crippen LogP contribution in [0.4, 0.5) is 22.7 Å². The van der Waals surface area contributed by atoms with Crippen molar-refractivity contribution in [2.45, 2.75) is 0 Å². The molecule has 0 amide bonds. The van der Waals surface area contributed by atoms with Crippen LogP contribution in [0.2, 0.25) is 0 Å². The molecular formula is C26H28N4O4-2. The highest BCUT2D eigenvalue weighted by Crippen LogP contribution is 2.21. The monoisotopic (exact) mass is 460 g/mol. The minimum atomic E-state index is -0.364. The summed E-state index contributed by atoms with van der Waals surface area (Å²) in [5.41, 5.74) is 3.32. The Bertz CT molecular complexity index is 1020. The van der Waals surface area contributed by atoms with Crippen LogP contribution in [0.3, 0.4) is 0 Å². The van der Waals surface area contributed by atoms with Crippen molar-refractivity contribution in [3.8, 4) is 0 Å². The quantitative estimate of drug-likeness (QED) is 0.328. The minimum Gasteiger partial charge on any atom is -0.758 e. The molecule has 34 heavy (non-hydrogen) atoms. The second-order valence-corrected chi connectivity index (χ2v) is 8.32. The molecule has 0 saturated heterocycles. The number of hydrogen-bond donors (Lipinski definition) is 0. The van der Waals surface area contributed by atoms with E-state index in [0.29, 0.717) is 32.6 Å². The summed E-state index contributed by atoms with van der Waals surface area (Å²) in [6.45, 7) is -0.683. The summed E-state index contributed by atoms with van der Waals surface area (Å²) in [4.78, 5) is 28.9. The summed E-state index contributed by atoms with van der Waals surface area (Å²) in [6, 6.07) is 19.9. The molecule has 0 aromatic heterocycles. The minimum absolute atomic E-state index is 0.320. The molecule has 0 saturated carbocycles. The second kappa shape index (κ2) is 10.8. The lowest BCUT2D eigenvalue weighted by Gasteiger charge is -2.30. The predicted molar refractivity (Wildman–Crippen MR) is 138 cm³/mol. The third-order valence-electron chi connectivity index (χ3n) is 5.41. The maximum Gasteiger partial charge on any atom is 0.181 e. The van der Waals surface area contributed by atoms with E-state index in [9.17, 15) is 20.0 Å². The Balaban J connectivity index is 1.58. The van der Waals surface area contributed by atoms with Crippen molar-refractivity contribution in [3.05, 3.63) is 94.3 Å². The molecule has 0 heterocycles. The van der Waals surface area contributed by atoms with Gasteiger partial charge in [0, 0.05) is 62.1 Å². The maximum absolute atomic E-state index is 12.5. The van der Waals surface area contributed by atoms with Crippen molar-refractivity contribution in [3.63, 3.8) is 0 Å². The fourth-order valence-electron chi connectivity index (χ4n) is 3.30. The van der Waals surface area contributed by atoms with Crippen LogP contribution in [0.5, 0.6) is 0 Å². The lowest BCUT2D eigenvalue weighted by Crippen LogP contribution is -2.25. The molecule has 0 bridgehead atoms. The summed E-state index contributed by atoms with van der Waals surface area (Å²) in [6.07, 6.45) is 0. The van der Waals surface area contributed by atoms with Crippen molar-refractivity contribution >= 4 is 34.3 Å². The molecule has 178 valence electrons. The van der Waals surface area contributed by atoms with E-state index in [1.54, 1.807) is 48.5 Å². The molecule has 0 N–H and O–H groups in total. The van der Waals surface area contributed by atoms with E-state index < -0.39 is 0 Å². The van der Waals surface area contributed by atoms with Crippen molar-refractivity contribution in [1.29, 1.82) is 0 Å². The summed E-state index contributed by atoms with van der Waals surface area (Å²) < 4.78 is 0. The summed E-state index contributed by atoms with van der Waals surface area (Å²) >= 11 is 0. The topological polar surface area (TPSA) is 93.2 Å². The standard InChI is InChI=1S/C26H28N4O4/c1-27(2)21-9-13-23(14-10-21)29(33)17-25(31)19-5-7-20(8-6-19)26(32)18-30(34)24-15-11-22(12-16-24)28(3)4/h5-16H,17-18H2,1-4H3/q-2. The predicted octanol–water partition coefficient (Wildman–Crippen LogP) is 4.19. The molecule has 0 aliphatic carbocycles. The van der Waals surface area contributed by atoms with E-state index in [1.165, 1.54) is 24.3 Å². The number of carbonyl (C=O) groups excluding carboxylic acids is 2. The average molecular weight is 461 g/mol. The zero-order valence-corrected chi connectivity index (χ0v) is 19.8. The van der Waals surface area contributed by atoms with Crippen LogP contribution in [-0.4, -0.2) is 52.8 Å². The number of hydrogen-bond acceptors (Lipinski definition) is 8. The highest BCUT2D eigenvalue weighted by molar-refractivity contribution is 6.02. The lowest BCUT2D eigenvalue weighted by molar-refractivity contribution is 0.0989. The Morgan fingerprint density at radius 1 is 0.529 bits per heavy atom. The normalized spacial score (nSPS) is 10.5. The number of anilines is 4. The molecule has 8 nitrogen and oxygen atoms in total. The van der Waals surface area contributed by atoms with Gasteiger partial charge in [0.15, 0.2) is 11.6 Å². The van der Waals surface area contributed by atoms with E-state index >= 15 is 0 Å². The van der Waals surface area contributed by atoms with Crippen LogP contribution < -0.4 is 19.9 Å². The highest BCUT2D eigenvalue weighted by atomic mass is 16.5. The van der Waals surface area contributed by atoms with Gasteiger partial charge in [0.05, 0.1) is 13.1 Å². The van der Waals surface area contributed by atoms with Crippen molar-refractivity contribution in [1.82, 2.24) is 0 Å². The van der Waals surface area contributed by atoms with Gasteiger partial charge in [-0.15, -0.1) is 0 Å². The van der Waals surface area contributed by atoms with Gasteiger partial charge in [-0.3, -0.25) is 9.59 Å². The largest absolute Gasteiger partial charge is 0.758 e. The molecule has 0 aliphatic rings. The van der Waals surface area contributed by atoms with Gasteiger partial charge in [-0.25, -0.2) is 0 Å². The van der Waals surface area contributed by atoms with E-state index in [-0.39, 0.29) is 24.7 Å². The first-order valence-electron chi connectivity index (χ1n) is 10.8. The molecule has 0 radical (unpaired) electrons. The molecule has 0 atom stereocenters. The lowest BCUT2D eigenvalue weighted by atomic mass is 10.1. The van der Waals surface area contributed by atoms with Crippen molar-refractivity contribution < 1.29 is 9.59 Å². The first-order valence-corrected chi connectivity index (χ1v) is 10.8. The second-order valence-electron chi connectivity index (χ2n) is 8.32. The van der Waals surface area contributed by atoms with Crippen LogP contribution >= 0.6 is 0 Å². The average Bonchev–Trinajstić information content (AvgIpc) is 2.84. The third-order valence-corrected chi connectivity index (χ3v) is 5.41. The van der Waals surface area contributed by atoms with E-state index in [4.69, 9.17) is 0 Å². The molecule has 0 spiro atoms. The molecule has 3 aromatic rings. The maximum atomic E-state index is 12.5. The zero-order chi connectivity index (χ0) is 24.8. The van der Waals surface area contributed by atoms with Gasteiger partial charge in [-0.05, 0) is 48.5 Å².